The summed E-state index contributed by atoms with van der Waals surface area (Å²) in [5.41, 5.74) is 14.2. The number of nitrogens with zero attached hydrogens (tertiary/aromatic N) is 2. The van der Waals surface area contributed by atoms with E-state index < -0.39 is 11.9 Å². The Labute approximate surface area is 516 Å². The molecule has 21 heteroatoms. The Balaban J connectivity index is 1.20. The third kappa shape index (κ3) is 18.9. The van der Waals surface area contributed by atoms with Crippen LogP contribution in [0.3, 0.4) is 0 Å². The third-order valence-electron chi connectivity index (χ3n) is 15.6. The molecule has 5 heterocycles. The molecule has 0 saturated carbocycles. The fraction of sp³-hybridized carbons (Fsp3) is 0.567. The molecule has 480 valence electrons. The fourth-order valence-electron chi connectivity index (χ4n) is 11.0. The number of ketones is 1. The summed E-state index contributed by atoms with van der Waals surface area (Å²) in [5, 5.41) is 9.47. The number of carboxylic acids is 1. The number of aryl methyl sites for hydroxylation is 3. The minimum Gasteiger partial charge on any atom is -0.487 e. The number of ether oxygens (including phenoxy) is 13. The van der Waals surface area contributed by atoms with Crippen molar-refractivity contribution in [1.82, 2.24) is 19.9 Å². The Bertz CT molecular complexity index is 3200. The number of hydrogen-bond donors (Lipinski definition) is 3. The number of aliphatic carboxylic acids is 1. The highest BCUT2D eigenvalue weighted by Gasteiger charge is 2.37. The maximum absolute atomic E-state index is 14.3. The highest BCUT2D eigenvalue weighted by molar-refractivity contribution is 6.13. The number of aromatic amines is 2. The van der Waals surface area contributed by atoms with Gasteiger partial charge >= 0.3 is 11.9 Å². The predicted octanol–water partition coefficient (Wildman–Crippen LogP) is 9.77. The van der Waals surface area contributed by atoms with Crippen LogP contribution in [0.4, 0.5) is 0 Å². The van der Waals surface area contributed by atoms with Gasteiger partial charge in [-0.05, 0) is 104 Å². The van der Waals surface area contributed by atoms with Gasteiger partial charge in [0.1, 0.15) is 26.4 Å². The third-order valence-corrected chi connectivity index (χ3v) is 15.6. The second-order valence-corrected chi connectivity index (χ2v) is 21.5. The van der Waals surface area contributed by atoms with E-state index in [4.69, 9.17) is 71.5 Å². The van der Waals surface area contributed by atoms with Crippen LogP contribution >= 0.6 is 0 Å². The normalized spacial score (nSPS) is 14.4. The van der Waals surface area contributed by atoms with E-state index in [1.165, 1.54) is 0 Å². The Hall–Kier alpha value is -6.71. The van der Waals surface area contributed by atoms with Gasteiger partial charge in [-0.3, -0.25) is 19.4 Å². The monoisotopic (exact) mass is 1220 g/mol. The molecule has 2 aliphatic heterocycles. The SMILES string of the molecule is CCC1=C(C)c2cc3[nH]c(c(C)c3CC)c(C#CCCCC(=O)O)c3nc(c4c5[nH]c(cc1n2)c(C)c5C(=O)C4)[C@@H](CCC(=O)OCc1cc(OCCOCCOCCOC)c(OCCOCCOCCOC)c(OCCOCCOCCOC)c1)[C@@H]3C. The lowest BCUT2D eigenvalue weighted by molar-refractivity contribution is -0.145. The number of rotatable bonds is 40. The van der Waals surface area contributed by atoms with Crippen LogP contribution in [-0.2, 0) is 76.4 Å². The molecule has 1 aliphatic carbocycles. The molecule has 2 atom stereocenters. The standard InChI is InChI=1S/C67H90N4O17/c1-10-48-43(3)53-40-56-49(11-2)44(4)63(70-56)51(15-13-12-14-16-60(73)74)64-45(5)50(65(71-64)52-39-57(72)62-46(6)54(69-66(52)62)41-55(48)68-53)17-18-61(75)88-42-47-37-58(85-34-31-82-28-25-79-22-19-76-7)67(87-36-33-84-30-27-81-24-21-78-9)59(38-47)86-35-32-83-29-26-80-23-20-77-8/h37-38,40-41,45,50,69-70H,10-12,14,16-36,39,42H2,1-9H3,(H,73,74)/t45-,50-/m0/s1. The molecule has 3 aliphatic rings. The van der Waals surface area contributed by atoms with Crippen molar-refractivity contribution >= 4 is 50.9 Å². The number of fused-ring (bicyclic) bond motifs is 8. The largest absolute Gasteiger partial charge is 0.487 e. The summed E-state index contributed by atoms with van der Waals surface area (Å²) < 4.78 is 74.4. The molecule has 3 aromatic heterocycles. The molecule has 0 amide bonds. The molecule has 0 radical (unpaired) electrons. The van der Waals surface area contributed by atoms with E-state index in [1.807, 2.05) is 6.92 Å². The summed E-state index contributed by atoms with van der Waals surface area (Å²) in [6.07, 6.45) is 2.71. The summed E-state index contributed by atoms with van der Waals surface area (Å²) in [7, 11) is 4.85. The number of allylic oxidation sites excluding steroid dienone is 2. The lowest BCUT2D eigenvalue weighted by atomic mass is 9.84. The average molecular weight is 1220 g/mol. The van der Waals surface area contributed by atoms with E-state index in [9.17, 15) is 19.5 Å². The number of carbonyl (C=O) groups is 3. The van der Waals surface area contributed by atoms with Crippen molar-refractivity contribution in [3.8, 4) is 29.1 Å². The van der Waals surface area contributed by atoms with Crippen LogP contribution in [0.2, 0.25) is 0 Å². The number of unbranched alkanes of at least 4 members (excludes halogenated alkanes) is 1. The molecular formula is C67H90N4O17. The quantitative estimate of drug-likeness (QED) is 0.0213. The number of H-pyrrole nitrogens is 2. The smallest absolute Gasteiger partial charge is 0.306 e. The molecule has 88 heavy (non-hydrogen) atoms. The molecule has 0 spiro atoms. The molecule has 7 rings (SSSR count). The van der Waals surface area contributed by atoms with Gasteiger partial charge in [0, 0.05) is 81.0 Å². The highest BCUT2D eigenvalue weighted by Crippen LogP contribution is 2.46. The second-order valence-electron chi connectivity index (χ2n) is 21.5. The molecular weight excluding hydrogens is 1130 g/mol. The van der Waals surface area contributed by atoms with Gasteiger partial charge in [-0.2, -0.15) is 0 Å². The Kier molecular flexibility index (Phi) is 28.2. The summed E-state index contributed by atoms with van der Waals surface area (Å²) in [5.74, 6) is 5.81. The van der Waals surface area contributed by atoms with Gasteiger partial charge in [0.05, 0.1) is 138 Å². The van der Waals surface area contributed by atoms with Gasteiger partial charge in [0.2, 0.25) is 5.75 Å². The van der Waals surface area contributed by atoms with Crippen LogP contribution in [0.15, 0.2) is 24.3 Å². The molecule has 21 nitrogen and oxygen atoms in total. The van der Waals surface area contributed by atoms with Crippen LogP contribution in [0.25, 0.3) is 33.2 Å². The molecule has 0 unspecified atom stereocenters. The Morgan fingerprint density at radius 2 is 1.18 bits per heavy atom. The molecule has 0 fully saturated rings. The number of esters is 1. The van der Waals surface area contributed by atoms with Crippen LogP contribution in [-0.4, -0.2) is 183 Å². The number of nitrogens with one attached hydrogen (secondary N) is 2. The highest BCUT2D eigenvalue weighted by atomic mass is 16.6. The topological polar surface area (TPSA) is 249 Å². The first kappa shape index (κ1) is 68.8. The number of hydrogen-bond acceptors (Lipinski definition) is 18. The molecule has 3 N–H and O–H groups in total. The zero-order valence-corrected chi connectivity index (χ0v) is 52.9. The minimum atomic E-state index is -0.882. The van der Waals surface area contributed by atoms with E-state index in [2.05, 4.69) is 68.6 Å². The maximum atomic E-state index is 14.3. The van der Waals surface area contributed by atoms with Crippen molar-refractivity contribution in [2.75, 3.05) is 140 Å². The Morgan fingerprint density at radius 3 is 1.74 bits per heavy atom. The molecule has 4 aromatic rings. The van der Waals surface area contributed by atoms with Gasteiger partial charge in [-0.15, -0.1) is 0 Å². The van der Waals surface area contributed by atoms with E-state index >= 15 is 0 Å². The number of Topliss-reactive ketones (excluding diaryl/α,β-unsaturated/α-hetero) is 1. The Morgan fingerprint density at radius 1 is 0.636 bits per heavy atom. The molecule has 0 saturated heterocycles. The summed E-state index contributed by atoms with van der Waals surface area (Å²) in [6.45, 7) is 18.6. The van der Waals surface area contributed by atoms with Crippen molar-refractivity contribution in [3.05, 3.63) is 86.0 Å². The van der Waals surface area contributed by atoms with Crippen LogP contribution < -0.4 is 14.2 Å². The first-order valence-electron chi connectivity index (χ1n) is 30.7. The van der Waals surface area contributed by atoms with Crippen molar-refractivity contribution in [2.45, 2.75) is 111 Å². The summed E-state index contributed by atoms with van der Waals surface area (Å²) in [6, 6.07) is 7.68. The zero-order valence-electron chi connectivity index (χ0n) is 52.9. The second kappa shape index (κ2) is 36.1. The van der Waals surface area contributed by atoms with Gasteiger partial charge in [-0.1, -0.05) is 32.6 Å². The lowest BCUT2D eigenvalue weighted by Crippen LogP contribution is -2.16. The van der Waals surface area contributed by atoms with E-state index in [1.54, 1.807) is 33.5 Å². The van der Waals surface area contributed by atoms with Gasteiger partial charge in [0.25, 0.3) is 0 Å². The maximum Gasteiger partial charge on any atom is 0.306 e. The fourth-order valence-corrected chi connectivity index (χ4v) is 11.0. The van der Waals surface area contributed by atoms with Crippen molar-refractivity contribution in [1.29, 1.82) is 0 Å². The van der Waals surface area contributed by atoms with E-state index in [0.29, 0.717) is 144 Å². The van der Waals surface area contributed by atoms with E-state index in [0.717, 1.165) is 79.7 Å². The summed E-state index contributed by atoms with van der Waals surface area (Å²) in [4.78, 5) is 58.2. The van der Waals surface area contributed by atoms with Crippen molar-refractivity contribution < 1.29 is 81.1 Å². The number of carbonyl (C=O) groups excluding carboxylic acids is 2. The first-order valence-corrected chi connectivity index (χ1v) is 30.7. The predicted molar refractivity (Wildman–Crippen MR) is 333 cm³/mol. The van der Waals surface area contributed by atoms with Crippen LogP contribution in [0.5, 0.6) is 17.2 Å². The van der Waals surface area contributed by atoms with Crippen molar-refractivity contribution in [3.63, 3.8) is 0 Å². The van der Waals surface area contributed by atoms with Gasteiger partial charge in [0.15, 0.2) is 17.3 Å². The zero-order chi connectivity index (χ0) is 62.8. The number of benzene rings is 1. The number of aromatic nitrogens is 4. The van der Waals surface area contributed by atoms with Crippen LogP contribution in [0, 0.1) is 25.7 Å². The van der Waals surface area contributed by atoms with Gasteiger partial charge < -0.3 is 76.7 Å². The number of carboxylic acid groups (broad SMARTS) is 1. The molecule has 1 aromatic carbocycles. The van der Waals surface area contributed by atoms with Crippen LogP contribution in [0.1, 0.15) is 145 Å². The summed E-state index contributed by atoms with van der Waals surface area (Å²) >= 11 is 0. The average Bonchev–Trinajstić information content (AvgIpc) is 1.99. The minimum absolute atomic E-state index is 0.00638. The lowest BCUT2D eigenvalue weighted by Gasteiger charge is -2.19. The van der Waals surface area contributed by atoms with Gasteiger partial charge in [-0.25, -0.2) is 4.98 Å². The number of methoxy groups -OCH3 is 3. The first-order chi connectivity index (χ1) is 42.8. The van der Waals surface area contributed by atoms with Crippen molar-refractivity contribution in [2.24, 2.45) is 0 Å². The molecule has 8 bridgehead atoms. The van der Waals surface area contributed by atoms with E-state index in [-0.39, 0.29) is 83.1 Å².